The van der Waals surface area contributed by atoms with Gasteiger partial charge in [-0.25, -0.2) is 4.98 Å². The van der Waals surface area contributed by atoms with Crippen LogP contribution in [0, 0.1) is 25.2 Å². The summed E-state index contributed by atoms with van der Waals surface area (Å²) >= 11 is 3.33. The zero-order valence-corrected chi connectivity index (χ0v) is 25.4. The number of rotatable bonds is 7. The third kappa shape index (κ3) is 5.39. The van der Waals surface area contributed by atoms with E-state index < -0.39 is 0 Å². The maximum absolute atomic E-state index is 13.3. The van der Waals surface area contributed by atoms with Gasteiger partial charge < -0.3 is 18.9 Å². The predicted octanol–water partition coefficient (Wildman–Crippen LogP) is 4.24. The summed E-state index contributed by atoms with van der Waals surface area (Å²) in [4.78, 5) is 34.2. The second-order valence-corrected chi connectivity index (χ2v) is 11.4. The Kier molecular flexibility index (Phi) is 8.02. The van der Waals surface area contributed by atoms with Crippen LogP contribution in [0.15, 0.2) is 51.5 Å². The van der Waals surface area contributed by atoms with Crippen molar-refractivity contribution in [3.63, 3.8) is 0 Å². The molecule has 2 fully saturated rings. The third-order valence-electron chi connectivity index (χ3n) is 8.21. The predicted molar refractivity (Wildman–Crippen MR) is 160 cm³/mol. The molecule has 1 aromatic carbocycles. The van der Waals surface area contributed by atoms with Crippen LogP contribution in [0.2, 0.25) is 0 Å². The molecule has 3 aromatic rings. The number of carbonyl (C=O) groups excluding carboxylic acids is 1. The molecule has 10 heteroatoms. The van der Waals surface area contributed by atoms with Crippen molar-refractivity contribution in [2.75, 3.05) is 27.3 Å². The first-order valence-electron chi connectivity index (χ1n) is 13.4. The standard InChI is InChI=1S/C31H32BrN5O4/c1-18-19(2)30(38)35(3)16-25(18)20-10-27(40-4)26(28(11-20)41-5)17-36-14-24-12-23(36)15-37(24)31(39)21(13-33)9-22-7-6-8-29(32)34-22/h6-11,16,23-24H,12,14-15,17H2,1-5H3/b21-9+. The smallest absolute Gasteiger partial charge is 0.264 e. The number of nitriles is 1. The average Bonchev–Trinajstić information content (AvgIpc) is 3.57. The summed E-state index contributed by atoms with van der Waals surface area (Å²) in [6.07, 6.45) is 4.24. The molecular formula is C31H32BrN5O4. The fourth-order valence-corrected chi connectivity index (χ4v) is 6.26. The lowest BCUT2D eigenvalue weighted by Crippen LogP contribution is -2.48. The molecule has 212 valence electrons. The number of likely N-dealkylation sites (tertiary alicyclic amines) is 2. The Morgan fingerprint density at radius 1 is 1.15 bits per heavy atom. The van der Waals surface area contributed by atoms with Gasteiger partial charge in [0, 0.05) is 56.1 Å². The molecule has 0 spiro atoms. The Labute approximate surface area is 247 Å². The van der Waals surface area contributed by atoms with Gasteiger partial charge in [-0.1, -0.05) is 6.07 Å². The van der Waals surface area contributed by atoms with Crippen LogP contribution in [0.3, 0.4) is 0 Å². The van der Waals surface area contributed by atoms with E-state index in [9.17, 15) is 14.9 Å². The quantitative estimate of drug-likeness (QED) is 0.222. The van der Waals surface area contributed by atoms with Gasteiger partial charge in [0.05, 0.1) is 25.5 Å². The highest BCUT2D eigenvalue weighted by atomic mass is 79.9. The van der Waals surface area contributed by atoms with Crippen LogP contribution >= 0.6 is 15.9 Å². The number of benzene rings is 1. The molecule has 2 bridgehead atoms. The van der Waals surface area contributed by atoms with Crippen LogP contribution in [0.1, 0.15) is 28.8 Å². The van der Waals surface area contributed by atoms with Gasteiger partial charge in [0.15, 0.2) is 0 Å². The molecule has 2 aromatic heterocycles. The van der Waals surface area contributed by atoms with E-state index >= 15 is 0 Å². The summed E-state index contributed by atoms with van der Waals surface area (Å²) in [6, 6.07) is 11.6. The van der Waals surface area contributed by atoms with Gasteiger partial charge in [0.2, 0.25) is 0 Å². The molecule has 1 amide bonds. The van der Waals surface area contributed by atoms with Gasteiger partial charge in [-0.15, -0.1) is 0 Å². The van der Waals surface area contributed by atoms with Gasteiger partial charge >= 0.3 is 0 Å². The molecule has 0 saturated carbocycles. The molecule has 0 N–H and O–H groups in total. The fourth-order valence-electron chi connectivity index (χ4n) is 5.91. The zero-order valence-electron chi connectivity index (χ0n) is 23.8. The Morgan fingerprint density at radius 2 is 1.85 bits per heavy atom. The van der Waals surface area contributed by atoms with Crippen LogP contribution in [-0.4, -0.2) is 64.7 Å². The number of amides is 1. The number of methoxy groups -OCH3 is 2. The number of pyridine rings is 2. The maximum Gasteiger partial charge on any atom is 0.264 e. The molecule has 2 unspecified atom stereocenters. The number of aryl methyl sites for hydroxylation is 1. The Morgan fingerprint density at radius 3 is 2.44 bits per heavy atom. The second kappa shape index (κ2) is 11.5. The lowest BCUT2D eigenvalue weighted by Gasteiger charge is -2.34. The highest BCUT2D eigenvalue weighted by Gasteiger charge is 2.46. The number of fused-ring (bicyclic) bond motifs is 2. The number of halogens is 1. The Balaban J connectivity index is 1.36. The van der Waals surface area contributed by atoms with E-state index in [0.29, 0.717) is 47.0 Å². The molecule has 2 aliphatic heterocycles. The van der Waals surface area contributed by atoms with E-state index in [4.69, 9.17) is 9.47 Å². The largest absolute Gasteiger partial charge is 0.496 e. The van der Waals surface area contributed by atoms with E-state index in [1.807, 2.05) is 43.1 Å². The van der Waals surface area contributed by atoms with Crippen molar-refractivity contribution in [1.82, 2.24) is 19.4 Å². The minimum Gasteiger partial charge on any atom is -0.496 e. The monoisotopic (exact) mass is 617 g/mol. The highest BCUT2D eigenvalue weighted by molar-refractivity contribution is 9.10. The molecule has 0 radical (unpaired) electrons. The van der Waals surface area contributed by atoms with Gasteiger partial charge in [0.25, 0.3) is 11.5 Å². The zero-order chi connectivity index (χ0) is 29.4. The van der Waals surface area contributed by atoms with Crippen LogP contribution in [-0.2, 0) is 18.4 Å². The minimum absolute atomic E-state index is 0.0133. The van der Waals surface area contributed by atoms with Crippen molar-refractivity contribution < 1.29 is 14.3 Å². The van der Waals surface area contributed by atoms with Crippen molar-refractivity contribution in [3.8, 4) is 28.7 Å². The van der Waals surface area contributed by atoms with Crippen LogP contribution in [0.25, 0.3) is 17.2 Å². The molecular weight excluding hydrogens is 586 g/mol. The van der Waals surface area contributed by atoms with Crippen molar-refractivity contribution in [3.05, 3.63) is 79.4 Å². The molecule has 0 aliphatic carbocycles. The van der Waals surface area contributed by atoms with Gasteiger partial charge in [-0.3, -0.25) is 14.5 Å². The van der Waals surface area contributed by atoms with E-state index in [1.54, 1.807) is 44.0 Å². The normalized spacial score (nSPS) is 18.5. The van der Waals surface area contributed by atoms with Crippen molar-refractivity contribution >= 4 is 27.9 Å². The number of hydrogen-bond donors (Lipinski definition) is 0. The second-order valence-electron chi connectivity index (χ2n) is 10.6. The van der Waals surface area contributed by atoms with Crippen molar-refractivity contribution in [2.24, 2.45) is 7.05 Å². The van der Waals surface area contributed by atoms with Gasteiger partial charge in [-0.05, 0) is 77.7 Å². The fraction of sp³-hybridized carbons (Fsp3) is 0.355. The summed E-state index contributed by atoms with van der Waals surface area (Å²) in [5.41, 5.74) is 5.05. The molecule has 2 atom stereocenters. The minimum atomic E-state index is -0.260. The third-order valence-corrected chi connectivity index (χ3v) is 8.65. The molecule has 4 heterocycles. The number of piperazine rings is 1. The van der Waals surface area contributed by atoms with Gasteiger partial charge in [-0.2, -0.15) is 5.26 Å². The average molecular weight is 619 g/mol. The van der Waals surface area contributed by atoms with E-state index in [1.165, 1.54) is 0 Å². The molecule has 41 heavy (non-hydrogen) atoms. The van der Waals surface area contributed by atoms with Crippen LogP contribution in [0.4, 0.5) is 0 Å². The van der Waals surface area contributed by atoms with Gasteiger partial charge in [0.1, 0.15) is 27.7 Å². The summed E-state index contributed by atoms with van der Waals surface area (Å²) < 4.78 is 13.9. The first-order chi connectivity index (χ1) is 19.6. The number of carbonyl (C=O) groups is 1. The molecule has 5 rings (SSSR count). The number of ether oxygens (including phenoxy) is 2. The van der Waals surface area contributed by atoms with Crippen molar-refractivity contribution in [2.45, 2.75) is 38.9 Å². The van der Waals surface area contributed by atoms with Crippen LogP contribution < -0.4 is 15.0 Å². The van der Waals surface area contributed by atoms with Crippen molar-refractivity contribution in [1.29, 1.82) is 5.26 Å². The maximum atomic E-state index is 13.3. The first-order valence-corrected chi connectivity index (χ1v) is 14.2. The lowest BCUT2D eigenvalue weighted by molar-refractivity contribution is -0.128. The van der Waals surface area contributed by atoms with E-state index in [0.717, 1.165) is 28.7 Å². The molecule has 9 nitrogen and oxygen atoms in total. The highest BCUT2D eigenvalue weighted by Crippen LogP contribution is 2.40. The summed E-state index contributed by atoms with van der Waals surface area (Å²) in [7, 11) is 5.05. The molecule has 2 aliphatic rings. The van der Waals surface area contributed by atoms with E-state index in [2.05, 4.69) is 31.9 Å². The Hall–Kier alpha value is -3.94. The SMILES string of the molecule is COc1cc(-c2cn(C)c(=O)c(C)c2C)cc(OC)c1CN1CC2CC1CN2C(=O)/C(C#N)=C/c1cccc(Br)n1. The summed E-state index contributed by atoms with van der Waals surface area (Å²) in [5.74, 6) is 1.15. The Bertz CT molecular complexity index is 1630. The lowest BCUT2D eigenvalue weighted by atomic mass is 9.97. The number of hydrogen-bond acceptors (Lipinski definition) is 7. The number of nitrogens with zero attached hydrogens (tertiary/aromatic N) is 5. The number of aromatic nitrogens is 2. The summed E-state index contributed by atoms with van der Waals surface area (Å²) in [5, 5.41) is 9.73. The topological polar surface area (TPSA) is 101 Å². The summed E-state index contributed by atoms with van der Waals surface area (Å²) in [6.45, 7) is 5.64. The molecule has 2 saturated heterocycles. The van der Waals surface area contributed by atoms with E-state index in [-0.39, 0.29) is 29.1 Å². The first kappa shape index (κ1) is 28.6. The van der Waals surface area contributed by atoms with Crippen LogP contribution in [0.5, 0.6) is 11.5 Å².